The zero-order valence-corrected chi connectivity index (χ0v) is 11.1. The molecule has 4 nitrogen and oxygen atoms in total. The molecule has 0 aliphatic rings. The maximum Gasteiger partial charge on any atom is 0.347 e. The first-order valence-electron chi connectivity index (χ1n) is 6.26. The lowest BCUT2D eigenvalue weighted by Crippen LogP contribution is -2.12. The third kappa shape index (κ3) is 3.68. The van der Waals surface area contributed by atoms with Crippen LogP contribution >= 0.6 is 0 Å². The van der Waals surface area contributed by atoms with Gasteiger partial charge >= 0.3 is 11.9 Å². The first kappa shape index (κ1) is 13.8. The molecule has 0 fully saturated rings. The van der Waals surface area contributed by atoms with Gasteiger partial charge in [-0.25, -0.2) is 4.79 Å². The molecule has 0 aliphatic heterocycles. The van der Waals surface area contributed by atoms with E-state index in [0.717, 1.165) is 5.56 Å². The average Bonchev–Trinajstić information content (AvgIpc) is 2.46. The van der Waals surface area contributed by atoms with Crippen LogP contribution in [0.1, 0.15) is 22.8 Å². The third-order valence-corrected chi connectivity index (χ3v) is 2.71. The quantitative estimate of drug-likeness (QED) is 0.684. The summed E-state index contributed by atoms with van der Waals surface area (Å²) in [6, 6.07) is 16.8. The summed E-state index contributed by atoms with van der Waals surface area (Å²) >= 11 is 0. The maximum absolute atomic E-state index is 11.8. The Bertz CT molecular complexity index is 608. The summed E-state index contributed by atoms with van der Waals surface area (Å²) in [7, 11) is 0. The topological polar surface area (TPSA) is 55.4 Å². The first-order valence-corrected chi connectivity index (χ1v) is 6.26. The molecule has 0 spiro atoms. The SMILES string of the molecule is CC(=O)OC(=O)c1ccccc1NCc1ccccc1. The molecule has 2 aromatic carbocycles. The Morgan fingerprint density at radius 2 is 1.65 bits per heavy atom. The number of carbonyl (C=O) groups is 2. The normalized spacial score (nSPS) is 9.85. The fraction of sp³-hybridized carbons (Fsp3) is 0.125. The molecule has 4 heteroatoms. The van der Waals surface area contributed by atoms with Crippen LogP contribution in [0, 0.1) is 0 Å². The number of esters is 2. The molecule has 102 valence electrons. The number of benzene rings is 2. The van der Waals surface area contributed by atoms with E-state index in [0.29, 0.717) is 17.8 Å². The Morgan fingerprint density at radius 3 is 2.35 bits per heavy atom. The van der Waals surface area contributed by atoms with Crippen molar-refractivity contribution < 1.29 is 14.3 Å². The van der Waals surface area contributed by atoms with E-state index in [-0.39, 0.29) is 0 Å². The lowest BCUT2D eigenvalue weighted by atomic mass is 10.1. The predicted molar refractivity (Wildman–Crippen MR) is 76.3 cm³/mol. The van der Waals surface area contributed by atoms with Crippen molar-refractivity contribution in [3.05, 3.63) is 65.7 Å². The number of anilines is 1. The van der Waals surface area contributed by atoms with E-state index in [9.17, 15) is 9.59 Å². The van der Waals surface area contributed by atoms with Crippen LogP contribution in [0.25, 0.3) is 0 Å². The van der Waals surface area contributed by atoms with Crippen LogP contribution in [-0.4, -0.2) is 11.9 Å². The maximum atomic E-state index is 11.8. The van der Waals surface area contributed by atoms with Crippen molar-refractivity contribution in [1.29, 1.82) is 0 Å². The van der Waals surface area contributed by atoms with Crippen molar-refractivity contribution in [2.45, 2.75) is 13.5 Å². The van der Waals surface area contributed by atoms with E-state index < -0.39 is 11.9 Å². The number of carbonyl (C=O) groups excluding carboxylic acids is 2. The smallest absolute Gasteiger partial charge is 0.347 e. The minimum Gasteiger partial charge on any atom is -0.390 e. The second kappa shape index (κ2) is 6.52. The van der Waals surface area contributed by atoms with Gasteiger partial charge in [-0.1, -0.05) is 42.5 Å². The van der Waals surface area contributed by atoms with Gasteiger partial charge in [-0.05, 0) is 17.7 Å². The van der Waals surface area contributed by atoms with E-state index in [2.05, 4.69) is 10.1 Å². The van der Waals surface area contributed by atoms with E-state index in [1.165, 1.54) is 6.92 Å². The average molecular weight is 269 g/mol. The lowest BCUT2D eigenvalue weighted by Gasteiger charge is -2.10. The number of hydrogen-bond donors (Lipinski definition) is 1. The predicted octanol–water partition coefficient (Wildman–Crippen LogP) is 3.00. The summed E-state index contributed by atoms with van der Waals surface area (Å²) in [4.78, 5) is 22.7. The van der Waals surface area contributed by atoms with Gasteiger partial charge in [0, 0.05) is 19.2 Å². The number of hydrogen-bond acceptors (Lipinski definition) is 4. The minimum absolute atomic E-state index is 0.346. The summed E-state index contributed by atoms with van der Waals surface area (Å²) in [5, 5.41) is 3.17. The Hall–Kier alpha value is -2.62. The fourth-order valence-electron chi connectivity index (χ4n) is 1.79. The highest BCUT2D eigenvalue weighted by atomic mass is 16.6. The molecular weight excluding hydrogens is 254 g/mol. The van der Waals surface area contributed by atoms with E-state index in [1.54, 1.807) is 18.2 Å². The number of nitrogens with one attached hydrogen (secondary N) is 1. The van der Waals surface area contributed by atoms with Gasteiger partial charge in [0.25, 0.3) is 0 Å². The Morgan fingerprint density at radius 1 is 1.00 bits per heavy atom. The van der Waals surface area contributed by atoms with Gasteiger partial charge in [0.05, 0.1) is 5.56 Å². The first-order chi connectivity index (χ1) is 9.66. The molecule has 0 bridgehead atoms. The van der Waals surface area contributed by atoms with Gasteiger partial charge in [0.2, 0.25) is 0 Å². The van der Waals surface area contributed by atoms with Gasteiger partial charge in [-0.2, -0.15) is 0 Å². The largest absolute Gasteiger partial charge is 0.390 e. The zero-order valence-electron chi connectivity index (χ0n) is 11.1. The molecule has 0 unspecified atom stereocenters. The highest BCUT2D eigenvalue weighted by Gasteiger charge is 2.13. The van der Waals surface area contributed by atoms with Gasteiger partial charge in [0.1, 0.15) is 0 Å². The Kier molecular flexibility index (Phi) is 4.50. The molecular formula is C16H15NO3. The van der Waals surface area contributed by atoms with Gasteiger partial charge in [-0.3, -0.25) is 4.79 Å². The van der Waals surface area contributed by atoms with Crippen molar-refractivity contribution in [3.63, 3.8) is 0 Å². The summed E-state index contributed by atoms with van der Waals surface area (Å²) in [5.74, 6) is -1.26. The van der Waals surface area contributed by atoms with Crippen molar-refractivity contribution in [2.75, 3.05) is 5.32 Å². The van der Waals surface area contributed by atoms with Crippen LogP contribution in [0.3, 0.4) is 0 Å². The van der Waals surface area contributed by atoms with Crippen molar-refractivity contribution in [1.82, 2.24) is 0 Å². The summed E-state index contributed by atoms with van der Waals surface area (Å²) in [6.45, 7) is 1.79. The monoisotopic (exact) mass is 269 g/mol. The molecule has 0 saturated heterocycles. The fourth-order valence-corrected chi connectivity index (χ4v) is 1.79. The van der Waals surface area contributed by atoms with Crippen LogP contribution in [-0.2, 0) is 16.1 Å². The highest BCUT2D eigenvalue weighted by molar-refractivity contribution is 6.00. The third-order valence-electron chi connectivity index (χ3n) is 2.71. The minimum atomic E-state index is -0.645. The molecule has 0 atom stereocenters. The van der Waals surface area contributed by atoms with E-state index in [4.69, 9.17) is 0 Å². The van der Waals surface area contributed by atoms with Crippen LogP contribution in [0.15, 0.2) is 54.6 Å². The highest BCUT2D eigenvalue weighted by Crippen LogP contribution is 2.17. The molecule has 0 aliphatic carbocycles. The van der Waals surface area contributed by atoms with E-state index >= 15 is 0 Å². The number of para-hydroxylation sites is 1. The van der Waals surface area contributed by atoms with Crippen LogP contribution < -0.4 is 5.32 Å². The Labute approximate surface area is 117 Å². The summed E-state index contributed by atoms with van der Waals surface area (Å²) in [5.41, 5.74) is 2.09. The molecule has 0 amide bonds. The summed E-state index contributed by atoms with van der Waals surface area (Å²) in [6.07, 6.45) is 0. The number of rotatable bonds is 4. The molecule has 0 saturated carbocycles. The summed E-state index contributed by atoms with van der Waals surface area (Å²) < 4.78 is 4.61. The van der Waals surface area contributed by atoms with Crippen LogP contribution in [0.2, 0.25) is 0 Å². The molecule has 0 radical (unpaired) electrons. The molecule has 1 N–H and O–H groups in total. The van der Waals surface area contributed by atoms with Crippen molar-refractivity contribution >= 4 is 17.6 Å². The van der Waals surface area contributed by atoms with Gasteiger partial charge < -0.3 is 10.1 Å². The number of ether oxygens (including phenoxy) is 1. The second-order valence-corrected chi connectivity index (χ2v) is 4.27. The van der Waals surface area contributed by atoms with E-state index in [1.807, 2.05) is 36.4 Å². The molecule has 2 aromatic rings. The van der Waals surface area contributed by atoms with Crippen LogP contribution in [0.5, 0.6) is 0 Å². The zero-order chi connectivity index (χ0) is 14.4. The van der Waals surface area contributed by atoms with Crippen LogP contribution in [0.4, 0.5) is 5.69 Å². The van der Waals surface area contributed by atoms with Crippen molar-refractivity contribution in [3.8, 4) is 0 Å². The molecule has 0 aromatic heterocycles. The Balaban J connectivity index is 2.12. The standard InChI is InChI=1S/C16H15NO3/c1-12(18)20-16(19)14-9-5-6-10-15(14)17-11-13-7-3-2-4-8-13/h2-10,17H,11H2,1H3. The molecule has 2 rings (SSSR count). The van der Waals surface area contributed by atoms with Gasteiger partial charge in [0.15, 0.2) is 0 Å². The second-order valence-electron chi connectivity index (χ2n) is 4.27. The molecule has 0 heterocycles. The van der Waals surface area contributed by atoms with Crippen molar-refractivity contribution in [2.24, 2.45) is 0 Å². The lowest BCUT2D eigenvalue weighted by molar-refractivity contribution is -0.135. The van der Waals surface area contributed by atoms with Gasteiger partial charge in [-0.15, -0.1) is 0 Å². The molecule has 20 heavy (non-hydrogen) atoms.